The van der Waals surface area contributed by atoms with E-state index >= 15 is 0 Å². The van der Waals surface area contributed by atoms with Gasteiger partial charge in [0.25, 0.3) is 0 Å². The van der Waals surface area contributed by atoms with Crippen molar-refractivity contribution in [2.75, 3.05) is 7.05 Å². The summed E-state index contributed by atoms with van der Waals surface area (Å²) in [6.07, 6.45) is 6.01. The van der Waals surface area contributed by atoms with E-state index in [0.717, 1.165) is 12.0 Å². The molecule has 0 spiro atoms. The van der Waals surface area contributed by atoms with Gasteiger partial charge >= 0.3 is 0 Å². The maximum Gasteiger partial charge on any atom is 0.124 e. The first-order valence-electron chi connectivity index (χ1n) is 6.66. The van der Waals surface area contributed by atoms with Crippen molar-refractivity contribution in [1.29, 1.82) is 0 Å². The van der Waals surface area contributed by atoms with Crippen LogP contribution >= 0.6 is 11.6 Å². The van der Waals surface area contributed by atoms with Gasteiger partial charge in [-0.3, -0.25) is 0 Å². The van der Waals surface area contributed by atoms with Crippen LogP contribution in [0.1, 0.15) is 38.2 Å². The first-order valence-corrected chi connectivity index (χ1v) is 7.04. The molecule has 1 unspecified atom stereocenters. The van der Waals surface area contributed by atoms with Gasteiger partial charge in [0, 0.05) is 11.1 Å². The lowest BCUT2D eigenvalue weighted by atomic mass is 9.78. The van der Waals surface area contributed by atoms with E-state index in [1.165, 1.54) is 37.8 Å². The number of nitrogens with one attached hydrogen (secondary N) is 1. The largest absolute Gasteiger partial charge is 0.316 e. The fraction of sp³-hybridized carbons (Fsp3) is 0.600. The van der Waals surface area contributed by atoms with E-state index in [1.807, 2.05) is 7.05 Å². The van der Waals surface area contributed by atoms with E-state index in [9.17, 15) is 4.39 Å². The summed E-state index contributed by atoms with van der Waals surface area (Å²) in [6.45, 7) is 2.35. The number of halogens is 2. The molecule has 18 heavy (non-hydrogen) atoms. The monoisotopic (exact) mass is 269 g/mol. The predicted octanol–water partition coefficient (Wildman–Crippen LogP) is 4.19. The third kappa shape index (κ3) is 2.86. The molecule has 0 radical (unpaired) electrons. The highest BCUT2D eigenvalue weighted by Crippen LogP contribution is 2.41. The van der Waals surface area contributed by atoms with Crippen LogP contribution in [0.15, 0.2) is 18.2 Å². The molecule has 0 aliphatic heterocycles. The number of likely N-dealkylation sites (N-methyl/N-ethyl adjacent to an activating group) is 1. The van der Waals surface area contributed by atoms with Crippen molar-refractivity contribution in [3.8, 4) is 0 Å². The summed E-state index contributed by atoms with van der Waals surface area (Å²) in [7, 11) is 2.01. The molecule has 1 fully saturated rings. The van der Waals surface area contributed by atoms with E-state index in [0.29, 0.717) is 16.5 Å². The van der Waals surface area contributed by atoms with Gasteiger partial charge in [0.05, 0.1) is 0 Å². The van der Waals surface area contributed by atoms with Crippen LogP contribution in [0.3, 0.4) is 0 Å². The minimum Gasteiger partial charge on any atom is -0.316 e. The van der Waals surface area contributed by atoms with Gasteiger partial charge in [0.1, 0.15) is 5.82 Å². The van der Waals surface area contributed by atoms with Crippen molar-refractivity contribution in [1.82, 2.24) is 5.32 Å². The zero-order valence-electron chi connectivity index (χ0n) is 11.1. The molecule has 0 aromatic heterocycles. The lowest BCUT2D eigenvalue weighted by Crippen LogP contribution is -2.41. The minimum absolute atomic E-state index is 0.267. The molecule has 0 amide bonds. The number of rotatable bonds is 4. The van der Waals surface area contributed by atoms with E-state index < -0.39 is 0 Å². The fourth-order valence-electron chi connectivity index (χ4n) is 3.14. The van der Waals surface area contributed by atoms with Crippen LogP contribution in [0.2, 0.25) is 5.02 Å². The van der Waals surface area contributed by atoms with Gasteiger partial charge in [-0.2, -0.15) is 0 Å². The first kappa shape index (κ1) is 13.8. The first-order chi connectivity index (χ1) is 8.55. The van der Waals surface area contributed by atoms with Crippen molar-refractivity contribution in [2.24, 2.45) is 5.41 Å². The van der Waals surface area contributed by atoms with Crippen LogP contribution in [0.5, 0.6) is 0 Å². The van der Waals surface area contributed by atoms with E-state index in [2.05, 4.69) is 12.2 Å². The topological polar surface area (TPSA) is 12.0 Å². The molecule has 0 bridgehead atoms. The van der Waals surface area contributed by atoms with Gasteiger partial charge in [-0.05, 0) is 49.4 Å². The van der Waals surface area contributed by atoms with Crippen LogP contribution in [-0.2, 0) is 6.42 Å². The molecular formula is C15H21ClFN. The SMILES string of the molecule is CNC(Cc1ccc(F)cc1Cl)C1(C)CCCC1. The maximum atomic E-state index is 13.0. The smallest absolute Gasteiger partial charge is 0.124 e. The standard InChI is InChI=1S/C15H21ClFN/c1-15(7-3-4-8-15)14(18-2)9-11-5-6-12(17)10-13(11)16/h5-6,10,14,18H,3-4,7-9H2,1-2H3. The molecule has 1 aliphatic carbocycles. The summed E-state index contributed by atoms with van der Waals surface area (Å²) in [6, 6.07) is 5.11. The van der Waals surface area contributed by atoms with Gasteiger partial charge in [0.15, 0.2) is 0 Å². The summed E-state index contributed by atoms with van der Waals surface area (Å²) in [5.74, 6) is -0.267. The van der Waals surface area contributed by atoms with E-state index in [-0.39, 0.29) is 5.82 Å². The Bertz CT molecular complexity index is 413. The van der Waals surface area contributed by atoms with Gasteiger partial charge in [-0.25, -0.2) is 4.39 Å². The molecule has 1 nitrogen and oxygen atoms in total. The average Bonchev–Trinajstić information content (AvgIpc) is 2.76. The molecule has 1 aromatic rings. The van der Waals surface area contributed by atoms with Crippen molar-refractivity contribution < 1.29 is 4.39 Å². The second-order valence-corrected chi connectivity index (χ2v) is 6.05. The summed E-state index contributed by atoms with van der Waals surface area (Å²) in [5, 5.41) is 3.96. The number of hydrogen-bond donors (Lipinski definition) is 1. The lowest BCUT2D eigenvalue weighted by Gasteiger charge is -2.34. The maximum absolute atomic E-state index is 13.0. The molecule has 3 heteroatoms. The molecule has 2 rings (SSSR count). The number of benzene rings is 1. The zero-order valence-corrected chi connectivity index (χ0v) is 11.9. The second-order valence-electron chi connectivity index (χ2n) is 5.64. The molecule has 0 saturated heterocycles. The van der Waals surface area contributed by atoms with E-state index in [4.69, 9.17) is 11.6 Å². The Morgan fingerprint density at radius 2 is 2.06 bits per heavy atom. The van der Waals surface area contributed by atoms with Gasteiger partial charge < -0.3 is 5.32 Å². The average molecular weight is 270 g/mol. The summed E-state index contributed by atoms with van der Waals surface area (Å²) >= 11 is 6.11. The molecule has 100 valence electrons. The van der Waals surface area contributed by atoms with Crippen LogP contribution in [0.25, 0.3) is 0 Å². The van der Waals surface area contributed by atoms with Crippen LogP contribution < -0.4 is 5.32 Å². The predicted molar refractivity (Wildman–Crippen MR) is 74.5 cm³/mol. The molecule has 1 aliphatic rings. The van der Waals surface area contributed by atoms with Crippen LogP contribution in [0, 0.1) is 11.2 Å². The van der Waals surface area contributed by atoms with Gasteiger partial charge in [-0.1, -0.05) is 37.4 Å². The van der Waals surface area contributed by atoms with Crippen molar-refractivity contribution >= 4 is 11.6 Å². The quantitative estimate of drug-likeness (QED) is 0.864. The Labute approximate surface area is 114 Å². The van der Waals surface area contributed by atoms with Crippen molar-refractivity contribution in [3.05, 3.63) is 34.6 Å². The molecule has 0 heterocycles. The molecule has 1 N–H and O–H groups in total. The Hall–Kier alpha value is -0.600. The summed E-state index contributed by atoms with van der Waals surface area (Å²) in [5.41, 5.74) is 1.37. The van der Waals surface area contributed by atoms with Crippen LogP contribution in [0.4, 0.5) is 4.39 Å². The van der Waals surface area contributed by atoms with Gasteiger partial charge in [0.2, 0.25) is 0 Å². The second kappa shape index (κ2) is 5.58. The Morgan fingerprint density at radius 3 is 2.61 bits per heavy atom. The molecular weight excluding hydrogens is 249 g/mol. The normalized spacial score (nSPS) is 20.0. The fourth-order valence-corrected chi connectivity index (χ4v) is 3.38. The third-order valence-corrected chi connectivity index (χ3v) is 4.73. The molecule has 1 aromatic carbocycles. The number of hydrogen-bond acceptors (Lipinski definition) is 1. The van der Waals surface area contributed by atoms with Crippen molar-refractivity contribution in [3.63, 3.8) is 0 Å². The highest BCUT2D eigenvalue weighted by atomic mass is 35.5. The lowest BCUT2D eigenvalue weighted by molar-refractivity contribution is 0.229. The zero-order chi connectivity index (χ0) is 13.2. The minimum atomic E-state index is -0.267. The Morgan fingerprint density at radius 1 is 1.39 bits per heavy atom. The Kier molecular flexibility index (Phi) is 4.29. The highest BCUT2D eigenvalue weighted by Gasteiger charge is 2.36. The summed E-state index contributed by atoms with van der Waals surface area (Å²) in [4.78, 5) is 0. The Balaban J connectivity index is 2.15. The molecule has 1 atom stereocenters. The van der Waals surface area contributed by atoms with Crippen LogP contribution in [-0.4, -0.2) is 13.1 Å². The van der Waals surface area contributed by atoms with Crippen molar-refractivity contribution in [2.45, 2.75) is 45.1 Å². The van der Waals surface area contributed by atoms with E-state index in [1.54, 1.807) is 6.07 Å². The summed E-state index contributed by atoms with van der Waals surface area (Å²) < 4.78 is 13.0. The molecule has 1 saturated carbocycles. The third-order valence-electron chi connectivity index (χ3n) is 4.37. The van der Waals surface area contributed by atoms with Gasteiger partial charge in [-0.15, -0.1) is 0 Å². The highest BCUT2D eigenvalue weighted by molar-refractivity contribution is 6.31.